The van der Waals surface area contributed by atoms with E-state index >= 15 is 0 Å². The van der Waals surface area contributed by atoms with Crippen molar-refractivity contribution < 1.29 is 9.59 Å². The maximum atomic E-state index is 13.1. The number of aromatic amines is 2. The van der Waals surface area contributed by atoms with Gasteiger partial charge in [0.15, 0.2) is 11.5 Å². The van der Waals surface area contributed by atoms with Crippen LogP contribution in [0.1, 0.15) is 36.5 Å². The Morgan fingerprint density at radius 3 is 2.67 bits per heavy atom. The number of aromatic nitrogens is 7. The summed E-state index contributed by atoms with van der Waals surface area (Å²) in [7, 11) is 0. The number of carbonyl (C=O) groups excluding carboxylic acids is 2. The number of nitrogens with zero attached hydrogens (tertiary/aromatic N) is 6. The fourth-order valence-electron chi connectivity index (χ4n) is 4.45. The van der Waals surface area contributed by atoms with E-state index in [4.69, 9.17) is 4.98 Å². The van der Waals surface area contributed by atoms with E-state index in [1.165, 1.54) is 0 Å². The highest BCUT2D eigenvalue weighted by Crippen LogP contribution is 2.30. The molecule has 1 aliphatic heterocycles. The van der Waals surface area contributed by atoms with Crippen LogP contribution in [-0.4, -0.2) is 64.9 Å². The molecule has 36 heavy (non-hydrogen) atoms. The van der Waals surface area contributed by atoms with Gasteiger partial charge in [-0.3, -0.25) is 24.7 Å². The van der Waals surface area contributed by atoms with E-state index in [9.17, 15) is 9.59 Å². The monoisotopic (exact) mass is 481 g/mol. The van der Waals surface area contributed by atoms with E-state index in [2.05, 4.69) is 35.5 Å². The smallest absolute Gasteiger partial charge is 0.257 e. The highest BCUT2D eigenvalue weighted by Gasteiger charge is 2.24. The molecule has 1 fully saturated rings. The molecule has 180 valence electrons. The normalized spacial score (nSPS) is 13.5. The van der Waals surface area contributed by atoms with Gasteiger partial charge in [-0.2, -0.15) is 5.10 Å². The van der Waals surface area contributed by atoms with Crippen LogP contribution in [-0.2, 0) is 4.79 Å². The second kappa shape index (κ2) is 8.84. The topological polar surface area (TPSA) is 145 Å². The van der Waals surface area contributed by atoms with Crippen molar-refractivity contribution in [3.8, 4) is 22.6 Å². The molecule has 0 radical (unpaired) electrons. The van der Waals surface area contributed by atoms with Crippen LogP contribution in [0.25, 0.3) is 44.7 Å². The zero-order valence-electron chi connectivity index (χ0n) is 19.6. The van der Waals surface area contributed by atoms with E-state index in [0.29, 0.717) is 45.9 Å². The number of hydrogen-bond acceptors (Lipinski definition) is 7. The second-order valence-corrected chi connectivity index (χ2v) is 8.73. The first kappa shape index (κ1) is 21.8. The van der Waals surface area contributed by atoms with Crippen LogP contribution in [0.4, 0.5) is 5.69 Å². The fraction of sp³-hybridized carbons (Fsp3) is 0.240. The van der Waals surface area contributed by atoms with Crippen molar-refractivity contribution in [2.45, 2.75) is 26.2 Å². The highest BCUT2D eigenvalue weighted by molar-refractivity contribution is 6.05. The van der Waals surface area contributed by atoms with Gasteiger partial charge < -0.3 is 15.2 Å². The first-order chi connectivity index (χ1) is 17.6. The quantitative estimate of drug-likeness (QED) is 0.348. The molecule has 5 aromatic rings. The summed E-state index contributed by atoms with van der Waals surface area (Å²) >= 11 is 0. The zero-order chi connectivity index (χ0) is 24.6. The summed E-state index contributed by atoms with van der Waals surface area (Å²) in [4.78, 5) is 47.7. The summed E-state index contributed by atoms with van der Waals surface area (Å²) < 4.78 is 0. The molecular weight excluding hydrogens is 458 g/mol. The van der Waals surface area contributed by atoms with Crippen LogP contribution >= 0.6 is 0 Å². The first-order valence-corrected chi connectivity index (χ1v) is 11.8. The van der Waals surface area contributed by atoms with Crippen molar-refractivity contribution in [3.63, 3.8) is 0 Å². The lowest BCUT2D eigenvalue weighted by Gasteiger charge is -2.14. The lowest BCUT2D eigenvalue weighted by Crippen LogP contribution is -2.27. The van der Waals surface area contributed by atoms with Crippen molar-refractivity contribution in [1.29, 1.82) is 0 Å². The average molecular weight is 482 g/mol. The highest BCUT2D eigenvalue weighted by atomic mass is 16.2. The molecule has 1 aliphatic rings. The molecule has 0 bridgehead atoms. The van der Waals surface area contributed by atoms with Crippen LogP contribution < -0.4 is 5.32 Å². The fourth-order valence-corrected chi connectivity index (χ4v) is 4.45. The third-order valence-electron chi connectivity index (χ3n) is 6.34. The summed E-state index contributed by atoms with van der Waals surface area (Å²) in [6.45, 7) is 3.30. The zero-order valence-corrected chi connectivity index (χ0v) is 19.6. The number of H-pyrrole nitrogens is 2. The SMILES string of the molecule is CCC(=O)Nc1cncc(-c2cnc3n[nH]c(-c4nc5c(C(=O)N6CCCC6)cncc5[nH]4)c3c2)c1. The minimum Gasteiger partial charge on any atom is -0.339 e. The van der Waals surface area contributed by atoms with Gasteiger partial charge in [0.25, 0.3) is 5.91 Å². The molecule has 3 N–H and O–H groups in total. The average Bonchev–Trinajstić information content (AvgIpc) is 3.67. The van der Waals surface area contributed by atoms with E-state index < -0.39 is 0 Å². The Hall–Kier alpha value is -4.67. The predicted molar refractivity (Wildman–Crippen MR) is 134 cm³/mol. The third kappa shape index (κ3) is 3.84. The van der Waals surface area contributed by atoms with Gasteiger partial charge in [0.1, 0.15) is 11.2 Å². The first-order valence-electron chi connectivity index (χ1n) is 11.8. The maximum Gasteiger partial charge on any atom is 0.257 e. The molecule has 6 rings (SSSR count). The number of fused-ring (bicyclic) bond motifs is 2. The number of hydrogen-bond donors (Lipinski definition) is 3. The van der Waals surface area contributed by atoms with Crippen molar-refractivity contribution in [1.82, 2.24) is 40.0 Å². The van der Waals surface area contributed by atoms with Gasteiger partial charge in [0.05, 0.1) is 34.5 Å². The van der Waals surface area contributed by atoms with Crippen molar-refractivity contribution >= 4 is 39.6 Å². The molecular formula is C25H23N9O2. The summed E-state index contributed by atoms with van der Waals surface area (Å²) in [5.74, 6) is 0.406. The molecule has 0 atom stereocenters. The van der Waals surface area contributed by atoms with Crippen LogP contribution in [0.5, 0.6) is 0 Å². The van der Waals surface area contributed by atoms with Crippen molar-refractivity contribution in [3.05, 3.63) is 48.7 Å². The van der Waals surface area contributed by atoms with E-state index in [-0.39, 0.29) is 11.8 Å². The van der Waals surface area contributed by atoms with Crippen LogP contribution in [0, 0.1) is 0 Å². The predicted octanol–water partition coefficient (Wildman–Crippen LogP) is 3.54. The number of pyridine rings is 3. The van der Waals surface area contributed by atoms with E-state index in [1.807, 2.05) is 17.0 Å². The largest absolute Gasteiger partial charge is 0.339 e. The molecule has 6 heterocycles. The van der Waals surface area contributed by atoms with E-state index in [1.54, 1.807) is 37.9 Å². The summed E-state index contributed by atoms with van der Waals surface area (Å²) in [5, 5.41) is 10.9. The van der Waals surface area contributed by atoms with Gasteiger partial charge in [-0.15, -0.1) is 0 Å². The summed E-state index contributed by atoms with van der Waals surface area (Å²) in [5.41, 5.74) is 5.15. The maximum absolute atomic E-state index is 13.1. The number of rotatable bonds is 5. The molecule has 5 aromatic heterocycles. The Morgan fingerprint density at radius 1 is 1.03 bits per heavy atom. The van der Waals surface area contributed by atoms with Gasteiger partial charge in [0, 0.05) is 49.2 Å². The van der Waals surface area contributed by atoms with Crippen LogP contribution in [0.15, 0.2) is 43.1 Å². The molecule has 0 spiro atoms. The Morgan fingerprint density at radius 2 is 1.83 bits per heavy atom. The molecule has 1 saturated heterocycles. The second-order valence-electron chi connectivity index (χ2n) is 8.73. The number of anilines is 1. The molecule has 0 saturated carbocycles. The molecule has 0 unspecified atom stereocenters. The Balaban J connectivity index is 1.39. The lowest BCUT2D eigenvalue weighted by molar-refractivity contribution is -0.115. The standard InChI is InChI=1S/C25H23N9O2/c1-2-20(35)29-16-7-14(9-26-11-16)15-8-17-22(32-33-23(17)28-10-15)24-30-19-13-27-12-18(21(19)31-24)25(36)34-5-3-4-6-34/h7-13H,2-6H2,1H3,(H,29,35)(H,30,31)(H,28,32,33). The summed E-state index contributed by atoms with van der Waals surface area (Å²) in [6.07, 6.45) is 10.7. The Kier molecular flexibility index (Phi) is 5.36. The van der Waals surface area contributed by atoms with Gasteiger partial charge in [-0.1, -0.05) is 6.92 Å². The molecule has 0 aromatic carbocycles. The Labute approximate surface area is 205 Å². The van der Waals surface area contributed by atoms with Crippen LogP contribution in [0.3, 0.4) is 0 Å². The molecule has 11 heteroatoms. The molecule has 0 aliphatic carbocycles. The van der Waals surface area contributed by atoms with Gasteiger partial charge in [0.2, 0.25) is 5.91 Å². The minimum absolute atomic E-state index is 0.0513. The number of amides is 2. The van der Waals surface area contributed by atoms with Crippen molar-refractivity contribution in [2.24, 2.45) is 0 Å². The number of nitrogens with one attached hydrogen (secondary N) is 3. The third-order valence-corrected chi connectivity index (χ3v) is 6.34. The van der Waals surface area contributed by atoms with Gasteiger partial charge in [-0.05, 0) is 25.0 Å². The minimum atomic E-state index is -0.0818. The van der Waals surface area contributed by atoms with Crippen LogP contribution in [0.2, 0.25) is 0 Å². The number of carbonyl (C=O) groups is 2. The number of imidazole rings is 1. The number of likely N-dealkylation sites (tertiary alicyclic amines) is 1. The summed E-state index contributed by atoms with van der Waals surface area (Å²) in [6, 6.07) is 3.80. The molecule has 2 amide bonds. The lowest BCUT2D eigenvalue weighted by atomic mass is 10.1. The van der Waals surface area contributed by atoms with Crippen molar-refractivity contribution in [2.75, 3.05) is 18.4 Å². The van der Waals surface area contributed by atoms with Gasteiger partial charge >= 0.3 is 0 Å². The van der Waals surface area contributed by atoms with E-state index in [0.717, 1.165) is 42.4 Å². The van der Waals surface area contributed by atoms with Gasteiger partial charge in [-0.25, -0.2) is 9.97 Å². The molecule has 11 nitrogen and oxygen atoms in total. The Bertz CT molecular complexity index is 1610.